The molecule has 0 radical (unpaired) electrons. The van der Waals surface area contributed by atoms with E-state index in [1.54, 1.807) is 0 Å². The minimum atomic E-state index is -0.121. The molecule has 0 amide bonds. The van der Waals surface area contributed by atoms with Crippen molar-refractivity contribution in [1.29, 1.82) is 0 Å². The van der Waals surface area contributed by atoms with Gasteiger partial charge in [-0.2, -0.15) is 0 Å². The Labute approximate surface area is 199 Å². The molecule has 1 unspecified atom stereocenters. The highest BCUT2D eigenvalue weighted by atomic mass is 16.5. The fraction of sp³-hybridized carbons (Fsp3) is 0.355. The van der Waals surface area contributed by atoms with Gasteiger partial charge in [0.25, 0.3) is 0 Å². The molecule has 33 heavy (non-hydrogen) atoms. The largest absolute Gasteiger partial charge is 0.462 e. The summed E-state index contributed by atoms with van der Waals surface area (Å²) >= 11 is 0. The number of rotatable bonds is 6. The number of hydrogen-bond donors (Lipinski definition) is 0. The molecular formula is C31H36O2. The molecule has 0 heterocycles. The maximum Gasteiger partial charge on any atom is 0.127 e. The molecule has 0 fully saturated rings. The molecule has 0 aromatic heterocycles. The van der Waals surface area contributed by atoms with Crippen molar-refractivity contribution < 1.29 is 9.47 Å². The van der Waals surface area contributed by atoms with Gasteiger partial charge in [0.2, 0.25) is 0 Å². The van der Waals surface area contributed by atoms with Gasteiger partial charge < -0.3 is 9.47 Å². The fourth-order valence-corrected chi connectivity index (χ4v) is 4.26. The number of hydrogen-bond acceptors (Lipinski definition) is 2. The van der Waals surface area contributed by atoms with E-state index in [0.717, 1.165) is 35.8 Å². The van der Waals surface area contributed by atoms with Gasteiger partial charge in [0.1, 0.15) is 23.0 Å². The average Bonchev–Trinajstić information content (AvgIpc) is 2.79. The zero-order valence-electron chi connectivity index (χ0n) is 20.8. The molecule has 0 aliphatic heterocycles. The van der Waals surface area contributed by atoms with E-state index < -0.39 is 0 Å². The summed E-state index contributed by atoms with van der Waals surface area (Å²) in [5, 5.41) is 0. The predicted molar refractivity (Wildman–Crippen MR) is 137 cm³/mol. The molecule has 4 rings (SSSR count). The second-order valence-corrected chi connectivity index (χ2v) is 10.7. The van der Waals surface area contributed by atoms with Crippen molar-refractivity contribution in [2.75, 3.05) is 0 Å². The van der Waals surface area contributed by atoms with Crippen molar-refractivity contribution in [2.45, 2.75) is 59.8 Å². The van der Waals surface area contributed by atoms with Gasteiger partial charge in [-0.15, -0.1) is 0 Å². The zero-order valence-corrected chi connectivity index (χ0v) is 20.8. The number of aryl methyl sites for hydroxylation is 1. The molecule has 0 saturated carbocycles. The minimum Gasteiger partial charge on any atom is -0.462 e. The molecule has 1 atom stereocenters. The molecule has 0 N–H and O–H groups in total. The van der Waals surface area contributed by atoms with Gasteiger partial charge in [0.05, 0.1) is 0 Å². The highest BCUT2D eigenvalue weighted by Gasteiger charge is 2.30. The normalized spacial score (nSPS) is 17.9. The first-order valence-corrected chi connectivity index (χ1v) is 12.0. The molecule has 2 heteroatoms. The van der Waals surface area contributed by atoms with Crippen molar-refractivity contribution in [3.63, 3.8) is 0 Å². The minimum absolute atomic E-state index is 0.121. The van der Waals surface area contributed by atoms with Crippen LogP contribution in [0.2, 0.25) is 0 Å². The SMILES string of the molecule is Cc1ccc(Oc2ccc(C(C)(C)c3ccc(OC4=CCC(C)(C)C(C)C4)cc3)cc2)cc1. The number of ether oxygens (including phenoxy) is 2. The maximum absolute atomic E-state index is 6.22. The Morgan fingerprint density at radius 3 is 1.67 bits per heavy atom. The van der Waals surface area contributed by atoms with E-state index in [1.165, 1.54) is 16.7 Å². The van der Waals surface area contributed by atoms with E-state index in [2.05, 4.69) is 96.1 Å². The lowest BCUT2D eigenvalue weighted by molar-refractivity contribution is 0.190. The smallest absolute Gasteiger partial charge is 0.127 e. The summed E-state index contributed by atoms with van der Waals surface area (Å²) in [7, 11) is 0. The van der Waals surface area contributed by atoms with E-state index in [-0.39, 0.29) is 5.41 Å². The Hall–Kier alpha value is -3.00. The maximum atomic E-state index is 6.22. The second-order valence-electron chi connectivity index (χ2n) is 10.7. The first-order valence-electron chi connectivity index (χ1n) is 12.0. The standard InChI is InChI=1S/C31H36O2/c1-22-7-13-26(14-8-22)32-27-15-9-24(10-16-27)31(5,6)25-11-17-28(18-12-25)33-29-19-20-30(3,4)23(2)21-29/h7-19,23H,20-21H2,1-6H3. The lowest BCUT2D eigenvalue weighted by Gasteiger charge is -2.35. The van der Waals surface area contributed by atoms with E-state index in [1.807, 2.05) is 24.3 Å². The van der Waals surface area contributed by atoms with Crippen molar-refractivity contribution in [3.05, 3.63) is 101 Å². The Bertz CT molecular complexity index is 1100. The topological polar surface area (TPSA) is 18.5 Å². The molecule has 1 aliphatic carbocycles. The highest BCUT2D eigenvalue weighted by Crippen LogP contribution is 2.40. The number of allylic oxidation sites excluding steroid dienone is 2. The molecule has 3 aromatic rings. The van der Waals surface area contributed by atoms with Crippen LogP contribution in [0.3, 0.4) is 0 Å². The Kier molecular flexibility index (Phi) is 6.38. The van der Waals surface area contributed by atoms with Crippen LogP contribution in [0.5, 0.6) is 17.2 Å². The van der Waals surface area contributed by atoms with E-state index in [9.17, 15) is 0 Å². The van der Waals surface area contributed by atoms with Gasteiger partial charge in [0, 0.05) is 11.8 Å². The van der Waals surface area contributed by atoms with Crippen LogP contribution in [0.4, 0.5) is 0 Å². The van der Waals surface area contributed by atoms with Crippen LogP contribution in [0.1, 0.15) is 64.2 Å². The third-order valence-corrected chi connectivity index (χ3v) is 7.35. The first-order chi connectivity index (χ1) is 15.6. The van der Waals surface area contributed by atoms with Gasteiger partial charge in [-0.25, -0.2) is 0 Å². The Morgan fingerprint density at radius 2 is 1.18 bits per heavy atom. The molecule has 0 bridgehead atoms. The van der Waals surface area contributed by atoms with Crippen LogP contribution in [0.25, 0.3) is 0 Å². The molecule has 172 valence electrons. The van der Waals surface area contributed by atoms with Gasteiger partial charge in [-0.05, 0) is 78.3 Å². The summed E-state index contributed by atoms with van der Waals surface area (Å²) in [6.07, 6.45) is 4.33. The van der Waals surface area contributed by atoms with Crippen LogP contribution in [-0.2, 0) is 5.41 Å². The molecular weight excluding hydrogens is 404 g/mol. The number of benzene rings is 3. The van der Waals surface area contributed by atoms with Crippen LogP contribution in [0, 0.1) is 18.3 Å². The summed E-state index contributed by atoms with van der Waals surface area (Å²) in [5.41, 5.74) is 3.96. The van der Waals surface area contributed by atoms with E-state index in [4.69, 9.17) is 9.47 Å². The zero-order chi connectivity index (χ0) is 23.6. The van der Waals surface area contributed by atoms with Gasteiger partial charge in [-0.3, -0.25) is 0 Å². The van der Waals surface area contributed by atoms with Crippen molar-refractivity contribution >= 4 is 0 Å². The molecule has 1 aliphatic rings. The van der Waals surface area contributed by atoms with Crippen molar-refractivity contribution in [1.82, 2.24) is 0 Å². The molecule has 0 saturated heterocycles. The molecule has 3 aromatic carbocycles. The molecule has 2 nitrogen and oxygen atoms in total. The van der Waals surface area contributed by atoms with Crippen LogP contribution >= 0.6 is 0 Å². The third kappa shape index (κ3) is 5.33. The summed E-state index contributed by atoms with van der Waals surface area (Å²) in [4.78, 5) is 0. The summed E-state index contributed by atoms with van der Waals surface area (Å²) in [6, 6.07) is 25.1. The van der Waals surface area contributed by atoms with Crippen LogP contribution in [-0.4, -0.2) is 0 Å². The predicted octanol–water partition coefficient (Wildman–Crippen LogP) is 8.83. The van der Waals surface area contributed by atoms with E-state index >= 15 is 0 Å². The van der Waals surface area contributed by atoms with Gasteiger partial charge in [0.15, 0.2) is 0 Å². The van der Waals surface area contributed by atoms with Gasteiger partial charge in [-0.1, -0.05) is 76.6 Å². The third-order valence-electron chi connectivity index (χ3n) is 7.35. The van der Waals surface area contributed by atoms with Gasteiger partial charge >= 0.3 is 0 Å². The van der Waals surface area contributed by atoms with Crippen LogP contribution < -0.4 is 9.47 Å². The quantitative estimate of drug-likeness (QED) is 0.381. The lowest BCUT2D eigenvalue weighted by Crippen LogP contribution is -2.26. The summed E-state index contributed by atoms with van der Waals surface area (Å²) in [6.45, 7) is 13.6. The van der Waals surface area contributed by atoms with E-state index in [0.29, 0.717) is 11.3 Å². The fourth-order valence-electron chi connectivity index (χ4n) is 4.26. The summed E-state index contributed by atoms with van der Waals surface area (Å²) < 4.78 is 12.2. The monoisotopic (exact) mass is 440 g/mol. The Morgan fingerprint density at radius 1 is 0.727 bits per heavy atom. The average molecular weight is 441 g/mol. The first kappa shape index (κ1) is 23.2. The summed E-state index contributed by atoms with van der Waals surface area (Å²) in [5.74, 6) is 4.33. The van der Waals surface area contributed by atoms with Crippen molar-refractivity contribution in [3.8, 4) is 17.2 Å². The van der Waals surface area contributed by atoms with Crippen molar-refractivity contribution in [2.24, 2.45) is 11.3 Å². The highest BCUT2D eigenvalue weighted by molar-refractivity contribution is 5.43. The second kappa shape index (κ2) is 9.09. The van der Waals surface area contributed by atoms with Crippen LogP contribution in [0.15, 0.2) is 84.6 Å². The lowest BCUT2D eigenvalue weighted by atomic mass is 9.72. The molecule has 0 spiro atoms. The Balaban J connectivity index is 1.43.